The van der Waals surface area contributed by atoms with Crippen molar-refractivity contribution in [1.29, 1.82) is 0 Å². The Balaban J connectivity index is 1.64. The van der Waals surface area contributed by atoms with E-state index in [0.29, 0.717) is 34.1 Å². The molecule has 204 valence electrons. The summed E-state index contributed by atoms with van der Waals surface area (Å²) >= 11 is 0. The monoisotopic (exact) mass is 537 g/mol. The van der Waals surface area contributed by atoms with Gasteiger partial charge in [-0.25, -0.2) is 18.6 Å². The van der Waals surface area contributed by atoms with Crippen LogP contribution >= 0.6 is 0 Å². The zero-order chi connectivity index (χ0) is 27.5. The average molecular weight is 538 g/mol. The normalized spacial score (nSPS) is 14.8. The molecule has 0 amide bonds. The molecule has 0 aliphatic heterocycles. The van der Waals surface area contributed by atoms with Gasteiger partial charge in [-0.1, -0.05) is 19.3 Å². The molecule has 1 N–H and O–H groups in total. The van der Waals surface area contributed by atoms with Crippen LogP contribution in [-0.2, 0) is 0 Å². The first-order chi connectivity index (χ1) is 18.9. The molecule has 1 aliphatic carbocycles. The number of pyridine rings is 1. The first kappa shape index (κ1) is 26.4. The molecule has 10 heteroatoms. The van der Waals surface area contributed by atoms with Crippen LogP contribution in [0.2, 0.25) is 0 Å². The summed E-state index contributed by atoms with van der Waals surface area (Å²) in [5, 5.41) is 9.21. The summed E-state index contributed by atoms with van der Waals surface area (Å²) < 4.78 is 47.8. The van der Waals surface area contributed by atoms with Gasteiger partial charge < -0.3 is 23.9 Å². The number of fused-ring (bicyclic) bond motifs is 1. The van der Waals surface area contributed by atoms with Crippen LogP contribution in [0.15, 0.2) is 48.5 Å². The van der Waals surface area contributed by atoms with Crippen LogP contribution in [0, 0.1) is 17.6 Å². The number of aromatic nitrogens is 3. The minimum absolute atomic E-state index is 0.158. The zero-order valence-corrected chi connectivity index (χ0v) is 21.7. The Kier molecular flexibility index (Phi) is 7.63. The van der Waals surface area contributed by atoms with Crippen LogP contribution in [0.25, 0.3) is 22.4 Å². The molecule has 39 heavy (non-hydrogen) atoms. The topological polar surface area (TPSA) is 95.7 Å². The smallest absolute Gasteiger partial charge is 0.335 e. The van der Waals surface area contributed by atoms with Gasteiger partial charge in [-0.2, -0.15) is 4.98 Å². The maximum Gasteiger partial charge on any atom is 0.335 e. The number of rotatable bonds is 9. The Morgan fingerprint density at radius 2 is 1.72 bits per heavy atom. The summed E-state index contributed by atoms with van der Waals surface area (Å²) in [6, 6.07) is 11.6. The van der Waals surface area contributed by atoms with Gasteiger partial charge in [-0.3, -0.25) is 0 Å². The first-order valence-electron chi connectivity index (χ1n) is 12.8. The fraction of sp³-hybridized carbons (Fsp3) is 0.345. The molecule has 2 aromatic carbocycles. The molecule has 1 saturated carbocycles. The Hall–Kier alpha value is -4.21. The van der Waals surface area contributed by atoms with Crippen molar-refractivity contribution in [3.8, 4) is 28.9 Å². The van der Waals surface area contributed by atoms with Crippen molar-refractivity contribution in [3.05, 3.63) is 65.7 Å². The lowest BCUT2D eigenvalue weighted by Gasteiger charge is -2.32. The summed E-state index contributed by atoms with van der Waals surface area (Å²) in [6.45, 7) is 0.209. The number of carboxylic acid groups (broad SMARTS) is 1. The average Bonchev–Trinajstić information content (AvgIpc) is 3.31. The van der Waals surface area contributed by atoms with E-state index in [4.69, 9.17) is 19.2 Å². The van der Waals surface area contributed by atoms with Crippen LogP contribution < -0.4 is 14.2 Å². The number of ether oxygens (including phenoxy) is 3. The van der Waals surface area contributed by atoms with Gasteiger partial charge in [0.2, 0.25) is 11.8 Å². The Bertz CT molecular complexity index is 1480. The van der Waals surface area contributed by atoms with Crippen LogP contribution in [0.1, 0.15) is 48.5 Å². The summed E-state index contributed by atoms with van der Waals surface area (Å²) in [7, 11) is 2.99. The highest BCUT2D eigenvalue weighted by molar-refractivity contribution is 5.87. The van der Waals surface area contributed by atoms with E-state index in [2.05, 4.69) is 4.98 Å². The van der Waals surface area contributed by atoms with E-state index < -0.39 is 17.6 Å². The minimum atomic E-state index is -1.02. The summed E-state index contributed by atoms with van der Waals surface area (Å²) in [6.07, 6.45) is 5.10. The van der Waals surface area contributed by atoms with Crippen molar-refractivity contribution < 1.29 is 32.9 Å². The van der Waals surface area contributed by atoms with Crippen molar-refractivity contribution in [2.75, 3.05) is 20.8 Å². The third kappa shape index (κ3) is 5.36. The summed E-state index contributed by atoms with van der Waals surface area (Å²) in [5.41, 5.74) is 1.43. The lowest BCUT2D eigenvalue weighted by atomic mass is 9.83. The number of aromatic carboxylic acids is 1. The van der Waals surface area contributed by atoms with Crippen LogP contribution in [0.4, 0.5) is 8.78 Å². The first-order valence-corrected chi connectivity index (χ1v) is 12.8. The number of benzene rings is 2. The van der Waals surface area contributed by atoms with Crippen molar-refractivity contribution in [2.24, 2.45) is 5.92 Å². The molecular formula is C29H29F2N3O5. The highest BCUT2D eigenvalue weighted by atomic mass is 19.2. The molecular weight excluding hydrogens is 508 g/mol. The van der Waals surface area contributed by atoms with Gasteiger partial charge in [0, 0.05) is 18.2 Å². The number of halogens is 2. The van der Waals surface area contributed by atoms with Crippen molar-refractivity contribution in [3.63, 3.8) is 0 Å². The van der Waals surface area contributed by atoms with E-state index in [0.717, 1.165) is 38.2 Å². The van der Waals surface area contributed by atoms with Crippen LogP contribution in [0.5, 0.6) is 17.5 Å². The predicted octanol–water partition coefficient (Wildman–Crippen LogP) is 6.29. The summed E-state index contributed by atoms with van der Waals surface area (Å²) in [5.74, 6) is -1.22. The molecule has 0 radical (unpaired) electrons. The molecule has 8 nitrogen and oxygen atoms in total. The zero-order valence-electron chi connectivity index (χ0n) is 21.7. The molecule has 1 aliphatic rings. The fourth-order valence-corrected chi connectivity index (χ4v) is 5.29. The van der Waals surface area contributed by atoms with Gasteiger partial charge in [0.1, 0.15) is 18.2 Å². The Morgan fingerprint density at radius 1 is 1.00 bits per heavy atom. The van der Waals surface area contributed by atoms with E-state index in [1.165, 1.54) is 32.4 Å². The van der Waals surface area contributed by atoms with Crippen molar-refractivity contribution in [1.82, 2.24) is 14.5 Å². The van der Waals surface area contributed by atoms with E-state index >= 15 is 0 Å². The van der Waals surface area contributed by atoms with Crippen LogP contribution in [0.3, 0.4) is 0 Å². The lowest BCUT2D eigenvalue weighted by molar-refractivity contribution is 0.0696. The molecule has 2 heterocycles. The molecule has 1 atom stereocenters. The highest BCUT2D eigenvalue weighted by Gasteiger charge is 2.31. The Labute approximate surface area is 224 Å². The van der Waals surface area contributed by atoms with Crippen molar-refractivity contribution in [2.45, 2.75) is 38.1 Å². The largest absolute Gasteiger partial charge is 0.491 e. The molecule has 1 unspecified atom stereocenters. The molecule has 2 aromatic heterocycles. The lowest BCUT2D eigenvalue weighted by Crippen LogP contribution is -2.28. The highest BCUT2D eigenvalue weighted by Crippen LogP contribution is 2.40. The minimum Gasteiger partial charge on any atom is -0.491 e. The van der Waals surface area contributed by atoms with E-state index in [1.807, 2.05) is 4.57 Å². The van der Waals surface area contributed by atoms with Gasteiger partial charge in [0.05, 0.1) is 42.4 Å². The third-order valence-corrected chi connectivity index (χ3v) is 7.26. The maximum absolute atomic E-state index is 14.6. The maximum atomic E-state index is 14.6. The quantitative estimate of drug-likeness (QED) is 0.268. The van der Waals surface area contributed by atoms with E-state index in [9.17, 15) is 18.7 Å². The van der Waals surface area contributed by atoms with Gasteiger partial charge >= 0.3 is 5.97 Å². The van der Waals surface area contributed by atoms with Gasteiger partial charge in [-0.15, -0.1) is 0 Å². The molecule has 5 rings (SSSR count). The number of hydrogen-bond donors (Lipinski definition) is 1. The second kappa shape index (κ2) is 11.3. The van der Waals surface area contributed by atoms with E-state index in [-0.39, 0.29) is 30.0 Å². The molecule has 0 spiro atoms. The SMILES string of the molecule is COc1ccc(-c2nc3cc(F)c(F)cc3n2C(COc2ccc(C(=O)O)cc2)C2CCCCC2)c(OC)n1. The fourth-order valence-electron chi connectivity index (χ4n) is 5.29. The van der Waals surface area contributed by atoms with Crippen LogP contribution in [-0.4, -0.2) is 46.4 Å². The number of nitrogens with zero attached hydrogens (tertiary/aromatic N) is 3. The molecule has 1 fully saturated rings. The third-order valence-electron chi connectivity index (χ3n) is 7.26. The van der Waals surface area contributed by atoms with Gasteiger partial charge in [0.25, 0.3) is 0 Å². The van der Waals surface area contributed by atoms with Gasteiger partial charge in [0.15, 0.2) is 11.6 Å². The number of carboxylic acids is 1. The second-order valence-corrected chi connectivity index (χ2v) is 9.58. The number of hydrogen-bond acceptors (Lipinski definition) is 6. The van der Waals surface area contributed by atoms with Gasteiger partial charge in [-0.05, 0) is 49.1 Å². The number of carbonyl (C=O) groups is 1. The molecule has 0 saturated heterocycles. The number of imidazole rings is 1. The predicted molar refractivity (Wildman–Crippen MR) is 140 cm³/mol. The van der Waals surface area contributed by atoms with E-state index in [1.54, 1.807) is 24.3 Å². The Morgan fingerprint density at radius 3 is 2.38 bits per heavy atom. The van der Waals surface area contributed by atoms with Crippen molar-refractivity contribution >= 4 is 17.0 Å². The molecule has 0 bridgehead atoms. The standard InChI is InChI=1S/C29H29F2N3O5/c1-37-26-13-12-20(28(33-26)38-2)27-32-23-14-21(30)22(31)15-24(23)34(27)25(17-6-4-3-5-7-17)16-39-19-10-8-18(9-11-19)29(35)36/h8-15,17,25H,3-7,16H2,1-2H3,(H,35,36). The number of methoxy groups -OCH3 is 2. The molecule has 4 aromatic rings. The second-order valence-electron chi connectivity index (χ2n) is 9.58. The summed E-state index contributed by atoms with van der Waals surface area (Å²) in [4.78, 5) is 20.4.